The third-order valence-corrected chi connectivity index (χ3v) is 4.21. The zero-order valence-electron chi connectivity index (χ0n) is 11.6. The van der Waals surface area contributed by atoms with Crippen molar-refractivity contribution in [3.63, 3.8) is 0 Å². The van der Waals surface area contributed by atoms with E-state index in [0.717, 1.165) is 50.7 Å². The first-order valence-electron chi connectivity index (χ1n) is 7.20. The van der Waals surface area contributed by atoms with Crippen LogP contribution < -0.4 is 5.32 Å². The second kappa shape index (κ2) is 5.13. The summed E-state index contributed by atoms with van der Waals surface area (Å²) in [5.74, 6) is -0.388. The van der Waals surface area contributed by atoms with Crippen molar-refractivity contribution in [2.75, 3.05) is 13.1 Å². The van der Waals surface area contributed by atoms with Crippen LogP contribution in [0.3, 0.4) is 0 Å². The van der Waals surface area contributed by atoms with Gasteiger partial charge < -0.3 is 10.3 Å². The average Bonchev–Trinajstić information content (AvgIpc) is 2.85. The number of piperidine rings is 1. The summed E-state index contributed by atoms with van der Waals surface area (Å²) >= 11 is 0. The van der Waals surface area contributed by atoms with Gasteiger partial charge in [-0.15, -0.1) is 0 Å². The molecule has 5 heteroatoms. The number of hydrogen-bond acceptors (Lipinski definition) is 2. The van der Waals surface area contributed by atoms with Crippen molar-refractivity contribution in [3.05, 3.63) is 29.6 Å². The maximum atomic E-state index is 13.8. The normalized spacial score (nSPS) is 23.4. The Balaban J connectivity index is 2.09. The fraction of sp³-hybridized carbons (Fsp3) is 0.533. The highest BCUT2D eigenvalue weighted by atomic mass is 19.1. The smallest absolute Gasteiger partial charge is 0.153 e. The van der Waals surface area contributed by atoms with Gasteiger partial charge in [-0.3, -0.25) is 0 Å². The molecule has 1 saturated heterocycles. The van der Waals surface area contributed by atoms with Crippen molar-refractivity contribution >= 4 is 11.0 Å². The lowest BCUT2D eigenvalue weighted by atomic mass is 9.76. The molecular weight excluding hydrogens is 260 g/mol. The molecule has 3 nitrogen and oxygen atoms in total. The summed E-state index contributed by atoms with van der Waals surface area (Å²) < 4.78 is 27.1. The largest absolute Gasteiger partial charge is 0.341 e. The van der Waals surface area contributed by atoms with Crippen molar-refractivity contribution < 1.29 is 8.78 Å². The molecule has 2 heterocycles. The summed E-state index contributed by atoms with van der Waals surface area (Å²) in [6.07, 6.45) is 4.13. The standard InChI is InChI=1S/C15H19F2N3/c1-2-4-15(5-3-6-18-9-15)14-19-12-8-10(16)7-11(17)13(12)20-14/h7-8,18H,2-6,9H2,1H3,(H,19,20). The van der Waals surface area contributed by atoms with Gasteiger partial charge >= 0.3 is 0 Å². The van der Waals surface area contributed by atoms with Crippen LogP contribution in [0.5, 0.6) is 0 Å². The van der Waals surface area contributed by atoms with Crippen molar-refractivity contribution in [1.82, 2.24) is 15.3 Å². The summed E-state index contributed by atoms with van der Waals surface area (Å²) in [5, 5.41) is 3.40. The van der Waals surface area contributed by atoms with Gasteiger partial charge in [-0.05, 0) is 31.9 Å². The first-order chi connectivity index (χ1) is 9.64. The van der Waals surface area contributed by atoms with Crippen molar-refractivity contribution in [1.29, 1.82) is 0 Å². The van der Waals surface area contributed by atoms with E-state index in [1.807, 2.05) is 0 Å². The van der Waals surface area contributed by atoms with Gasteiger partial charge in [0.1, 0.15) is 17.2 Å². The first-order valence-corrected chi connectivity index (χ1v) is 7.20. The molecule has 1 aliphatic heterocycles. The van der Waals surface area contributed by atoms with E-state index < -0.39 is 11.6 Å². The summed E-state index contributed by atoms with van der Waals surface area (Å²) in [6.45, 7) is 3.98. The molecule has 0 amide bonds. The summed E-state index contributed by atoms with van der Waals surface area (Å²) in [7, 11) is 0. The predicted octanol–water partition coefficient (Wildman–Crippen LogP) is 3.26. The molecule has 20 heavy (non-hydrogen) atoms. The minimum Gasteiger partial charge on any atom is -0.341 e. The number of aromatic nitrogens is 2. The first kappa shape index (κ1) is 13.5. The second-order valence-electron chi connectivity index (χ2n) is 5.68. The molecule has 1 fully saturated rings. The Morgan fingerprint density at radius 3 is 2.90 bits per heavy atom. The molecule has 0 radical (unpaired) electrons. The van der Waals surface area contributed by atoms with Gasteiger partial charge in [-0.25, -0.2) is 13.8 Å². The minimum atomic E-state index is -0.599. The van der Waals surface area contributed by atoms with Gasteiger partial charge in [0.05, 0.1) is 5.52 Å². The molecule has 3 rings (SSSR count). The minimum absolute atomic E-state index is 0.0884. The molecule has 0 bridgehead atoms. The number of nitrogens with one attached hydrogen (secondary N) is 2. The maximum absolute atomic E-state index is 13.8. The summed E-state index contributed by atoms with van der Waals surface area (Å²) in [6, 6.07) is 2.20. The summed E-state index contributed by atoms with van der Waals surface area (Å²) in [5.41, 5.74) is 0.593. The van der Waals surface area contributed by atoms with Crippen LogP contribution in [0, 0.1) is 11.6 Å². The third kappa shape index (κ3) is 2.20. The van der Waals surface area contributed by atoms with Gasteiger partial charge in [0.2, 0.25) is 0 Å². The van der Waals surface area contributed by atoms with Gasteiger partial charge in [0.15, 0.2) is 5.82 Å². The van der Waals surface area contributed by atoms with E-state index in [2.05, 4.69) is 22.2 Å². The van der Waals surface area contributed by atoms with E-state index in [4.69, 9.17) is 0 Å². The zero-order chi connectivity index (χ0) is 14.2. The highest BCUT2D eigenvalue weighted by Gasteiger charge is 2.36. The number of hydrogen-bond donors (Lipinski definition) is 2. The Labute approximate surface area is 116 Å². The molecule has 0 saturated carbocycles. The second-order valence-corrected chi connectivity index (χ2v) is 5.68. The highest BCUT2D eigenvalue weighted by Crippen LogP contribution is 2.35. The monoisotopic (exact) mass is 279 g/mol. The Kier molecular flexibility index (Phi) is 3.46. The molecule has 2 aromatic rings. The number of halogens is 2. The molecular formula is C15H19F2N3. The summed E-state index contributed by atoms with van der Waals surface area (Å²) in [4.78, 5) is 7.57. The number of rotatable bonds is 3. The Morgan fingerprint density at radius 1 is 1.35 bits per heavy atom. The van der Waals surface area contributed by atoms with Crippen molar-refractivity contribution in [3.8, 4) is 0 Å². The van der Waals surface area contributed by atoms with E-state index in [9.17, 15) is 8.78 Å². The molecule has 1 unspecified atom stereocenters. The Bertz CT molecular complexity index is 609. The molecule has 1 aromatic carbocycles. The number of benzene rings is 1. The van der Waals surface area contributed by atoms with Crippen LogP contribution in [0.15, 0.2) is 12.1 Å². The van der Waals surface area contributed by atoms with E-state index in [-0.39, 0.29) is 10.9 Å². The van der Waals surface area contributed by atoms with Crippen LogP contribution in [-0.4, -0.2) is 23.1 Å². The molecule has 1 atom stereocenters. The van der Waals surface area contributed by atoms with Crippen molar-refractivity contribution in [2.45, 2.75) is 38.0 Å². The molecule has 1 aromatic heterocycles. The maximum Gasteiger partial charge on any atom is 0.153 e. The lowest BCUT2D eigenvalue weighted by molar-refractivity contribution is 0.278. The zero-order valence-corrected chi connectivity index (χ0v) is 11.6. The number of imidazole rings is 1. The highest BCUT2D eigenvalue weighted by molar-refractivity contribution is 5.76. The fourth-order valence-electron chi connectivity index (χ4n) is 3.27. The molecule has 2 N–H and O–H groups in total. The van der Waals surface area contributed by atoms with Crippen LogP contribution in [0.1, 0.15) is 38.4 Å². The van der Waals surface area contributed by atoms with Crippen LogP contribution in [0.4, 0.5) is 8.78 Å². The van der Waals surface area contributed by atoms with Crippen LogP contribution in [0.2, 0.25) is 0 Å². The number of aromatic amines is 1. The fourth-order valence-corrected chi connectivity index (χ4v) is 3.27. The quantitative estimate of drug-likeness (QED) is 0.905. The van der Waals surface area contributed by atoms with Crippen LogP contribution in [-0.2, 0) is 5.41 Å². The van der Waals surface area contributed by atoms with Crippen LogP contribution >= 0.6 is 0 Å². The van der Waals surface area contributed by atoms with E-state index >= 15 is 0 Å². The lowest BCUT2D eigenvalue weighted by Crippen LogP contribution is -2.44. The Morgan fingerprint density at radius 2 is 2.20 bits per heavy atom. The van der Waals surface area contributed by atoms with Gasteiger partial charge in [0, 0.05) is 18.0 Å². The van der Waals surface area contributed by atoms with Gasteiger partial charge in [-0.2, -0.15) is 0 Å². The molecule has 108 valence electrons. The van der Waals surface area contributed by atoms with E-state index in [1.165, 1.54) is 6.07 Å². The van der Waals surface area contributed by atoms with Gasteiger partial charge in [-0.1, -0.05) is 13.3 Å². The lowest BCUT2D eigenvalue weighted by Gasteiger charge is -2.36. The van der Waals surface area contributed by atoms with E-state index in [0.29, 0.717) is 5.52 Å². The van der Waals surface area contributed by atoms with Crippen LogP contribution in [0.25, 0.3) is 11.0 Å². The van der Waals surface area contributed by atoms with E-state index in [1.54, 1.807) is 0 Å². The number of H-pyrrole nitrogens is 1. The van der Waals surface area contributed by atoms with Crippen molar-refractivity contribution in [2.24, 2.45) is 0 Å². The Hall–Kier alpha value is -1.49. The topological polar surface area (TPSA) is 40.7 Å². The SMILES string of the molecule is CCCC1(c2nc3c(F)cc(F)cc3[nH]2)CCCNC1. The molecule has 0 aliphatic carbocycles. The number of fused-ring (bicyclic) bond motifs is 1. The average molecular weight is 279 g/mol. The number of nitrogens with zero attached hydrogens (tertiary/aromatic N) is 1. The predicted molar refractivity (Wildman–Crippen MR) is 74.7 cm³/mol. The van der Waals surface area contributed by atoms with Gasteiger partial charge in [0.25, 0.3) is 0 Å². The molecule has 0 spiro atoms. The third-order valence-electron chi connectivity index (χ3n) is 4.21. The molecule has 1 aliphatic rings.